The van der Waals surface area contributed by atoms with Gasteiger partial charge in [-0.25, -0.2) is 0 Å². The second-order valence-corrected chi connectivity index (χ2v) is 4.36. The summed E-state index contributed by atoms with van der Waals surface area (Å²) >= 11 is 5.94. The van der Waals surface area contributed by atoms with Crippen molar-refractivity contribution in [2.24, 2.45) is 0 Å². The van der Waals surface area contributed by atoms with E-state index in [0.29, 0.717) is 10.6 Å². The second kappa shape index (κ2) is 5.94. The molecule has 1 atom stereocenters. The molecule has 0 aliphatic rings. The van der Waals surface area contributed by atoms with Crippen molar-refractivity contribution in [1.82, 2.24) is 9.97 Å². The third kappa shape index (κ3) is 2.76. The zero-order valence-electron chi connectivity index (χ0n) is 11.0. The Morgan fingerprint density at radius 3 is 2.35 bits per heavy atom. The summed E-state index contributed by atoms with van der Waals surface area (Å²) in [6, 6.07) is 6.49. The number of nitrogens with zero attached hydrogens (tertiary/aromatic N) is 2. The molecule has 3 N–H and O–H groups in total. The van der Waals surface area contributed by atoms with Gasteiger partial charge in [-0.1, -0.05) is 23.7 Å². The van der Waals surface area contributed by atoms with Crippen molar-refractivity contribution in [2.75, 3.05) is 20.0 Å². The molecule has 1 unspecified atom stereocenters. The van der Waals surface area contributed by atoms with Crippen LogP contribution < -0.4 is 15.2 Å². The lowest BCUT2D eigenvalue weighted by Gasteiger charge is -2.14. The molecule has 0 amide bonds. The summed E-state index contributed by atoms with van der Waals surface area (Å²) in [6.45, 7) is 0. The van der Waals surface area contributed by atoms with Crippen LogP contribution in [-0.2, 0) is 0 Å². The molecule has 0 aliphatic carbocycles. The Labute approximate surface area is 121 Å². The molecule has 0 radical (unpaired) electrons. The van der Waals surface area contributed by atoms with E-state index in [1.165, 1.54) is 20.3 Å². The van der Waals surface area contributed by atoms with Crippen LogP contribution >= 0.6 is 11.6 Å². The van der Waals surface area contributed by atoms with Crippen molar-refractivity contribution in [3.63, 3.8) is 0 Å². The molecule has 0 fully saturated rings. The van der Waals surface area contributed by atoms with Gasteiger partial charge >= 0.3 is 0 Å². The average molecular weight is 296 g/mol. The minimum atomic E-state index is -1.13. The lowest BCUT2D eigenvalue weighted by molar-refractivity contribution is 0.206. The molecule has 2 aromatic rings. The first kappa shape index (κ1) is 14.4. The van der Waals surface area contributed by atoms with Gasteiger partial charge in [0.15, 0.2) is 5.82 Å². The van der Waals surface area contributed by atoms with Crippen LogP contribution in [0, 0.1) is 0 Å². The third-order valence-electron chi connectivity index (χ3n) is 2.74. The monoisotopic (exact) mass is 295 g/mol. The van der Waals surface area contributed by atoms with Crippen molar-refractivity contribution in [1.29, 1.82) is 0 Å². The van der Waals surface area contributed by atoms with Crippen LogP contribution in [0.2, 0.25) is 5.02 Å². The lowest BCUT2D eigenvalue weighted by atomic mass is 10.1. The highest BCUT2D eigenvalue weighted by atomic mass is 35.5. The predicted octanol–water partition coefficient (Wildman–Crippen LogP) is 1.81. The third-order valence-corrected chi connectivity index (χ3v) is 3.07. The second-order valence-electron chi connectivity index (χ2n) is 3.96. The molecule has 1 heterocycles. The van der Waals surface area contributed by atoms with E-state index in [1.807, 2.05) is 0 Å². The predicted molar refractivity (Wildman–Crippen MR) is 75.1 cm³/mol. The maximum Gasteiger partial charge on any atom is 0.220 e. The van der Waals surface area contributed by atoms with E-state index in [1.54, 1.807) is 18.2 Å². The molecule has 6 nitrogen and oxygen atoms in total. The fourth-order valence-corrected chi connectivity index (χ4v) is 1.87. The summed E-state index contributed by atoms with van der Waals surface area (Å²) in [4.78, 5) is 8.17. The molecular formula is C13H14ClN3O3. The van der Waals surface area contributed by atoms with Crippen molar-refractivity contribution in [3.05, 3.63) is 40.7 Å². The fourth-order valence-electron chi connectivity index (χ4n) is 1.68. The van der Waals surface area contributed by atoms with Gasteiger partial charge in [0, 0.05) is 5.56 Å². The Bertz CT molecular complexity index is 600. The molecule has 0 saturated heterocycles. The number of methoxy groups -OCH3 is 2. The SMILES string of the molecule is COc1cc(OC)nc(C(O)c2cccc(Cl)c2N)n1. The van der Waals surface area contributed by atoms with E-state index < -0.39 is 6.10 Å². The molecule has 1 aromatic carbocycles. The number of nitrogen functional groups attached to an aromatic ring is 1. The Morgan fingerprint density at radius 1 is 1.20 bits per heavy atom. The smallest absolute Gasteiger partial charge is 0.220 e. The Morgan fingerprint density at radius 2 is 1.80 bits per heavy atom. The molecule has 2 rings (SSSR count). The van der Waals surface area contributed by atoms with Gasteiger partial charge in [-0.15, -0.1) is 0 Å². The van der Waals surface area contributed by atoms with Gasteiger partial charge in [0.1, 0.15) is 6.10 Å². The lowest BCUT2D eigenvalue weighted by Crippen LogP contribution is -2.09. The number of para-hydroxylation sites is 1. The number of aromatic nitrogens is 2. The maximum atomic E-state index is 10.4. The number of rotatable bonds is 4. The van der Waals surface area contributed by atoms with Crippen LogP contribution in [0.1, 0.15) is 17.5 Å². The van der Waals surface area contributed by atoms with Gasteiger partial charge in [-0.3, -0.25) is 0 Å². The van der Waals surface area contributed by atoms with E-state index in [4.69, 9.17) is 26.8 Å². The first-order valence-corrected chi connectivity index (χ1v) is 6.13. The molecule has 106 valence electrons. The number of nitrogens with two attached hydrogens (primary N) is 1. The number of hydrogen-bond acceptors (Lipinski definition) is 6. The highest BCUT2D eigenvalue weighted by Gasteiger charge is 2.19. The van der Waals surface area contributed by atoms with E-state index in [0.717, 1.165) is 0 Å². The summed E-state index contributed by atoms with van der Waals surface area (Å²) in [7, 11) is 2.93. The molecule has 1 aromatic heterocycles. The normalized spacial score (nSPS) is 12.0. The van der Waals surface area contributed by atoms with Crippen molar-refractivity contribution in [3.8, 4) is 11.8 Å². The Balaban J connectivity index is 2.47. The summed E-state index contributed by atoms with van der Waals surface area (Å²) in [5.41, 5.74) is 6.56. The van der Waals surface area contributed by atoms with Crippen LogP contribution in [0.5, 0.6) is 11.8 Å². The number of aliphatic hydroxyl groups excluding tert-OH is 1. The van der Waals surface area contributed by atoms with Crippen molar-refractivity contribution >= 4 is 17.3 Å². The van der Waals surface area contributed by atoms with Gasteiger partial charge in [0.25, 0.3) is 0 Å². The van der Waals surface area contributed by atoms with E-state index in [-0.39, 0.29) is 23.3 Å². The first-order valence-electron chi connectivity index (χ1n) is 5.75. The standard InChI is InChI=1S/C13H14ClN3O3/c1-19-9-6-10(20-2)17-13(16-9)12(18)7-4-3-5-8(14)11(7)15/h3-6,12,18H,15H2,1-2H3. The Hall–Kier alpha value is -2.05. The maximum absolute atomic E-state index is 10.4. The number of hydrogen-bond donors (Lipinski definition) is 2. The van der Waals surface area contributed by atoms with E-state index in [9.17, 15) is 5.11 Å². The van der Waals surface area contributed by atoms with Crippen LogP contribution in [-0.4, -0.2) is 29.3 Å². The number of benzene rings is 1. The fraction of sp³-hybridized carbons (Fsp3) is 0.231. The van der Waals surface area contributed by atoms with Gasteiger partial charge in [0.2, 0.25) is 11.8 Å². The average Bonchev–Trinajstić information content (AvgIpc) is 2.48. The van der Waals surface area contributed by atoms with Crippen LogP contribution in [0.25, 0.3) is 0 Å². The molecule has 20 heavy (non-hydrogen) atoms. The zero-order valence-corrected chi connectivity index (χ0v) is 11.8. The van der Waals surface area contributed by atoms with Crippen LogP contribution in [0.4, 0.5) is 5.69 Å². The van der Waals surface area contributed by atoms with Crippen LogP contribution in [0.3, 0.4) is 0 Å². The minimum Gasteiger partial charge on any atom is -0.481 e. The summed E-state index contributed by atoms with van der Waals surface area (Å²) in [6.07, 6.45) is -1.13. The van der Waals surface area contributed by atoms with Gasteiger partial charge < -0.3 is 20.3 Å². The molecule has 7 heteroatoms. The summed E-state index contributed by atoms with van der Waals surface area (Å²) < 4.78 is 10.1. The van der Waals surface area contributed by atoms with Gasteiger partial charge in [-0.05, 0) is 6.07 Å². The number of ether oxygens (including phenoxy) is 2. The molecule has 0 spiro atoms. The molecular weight excluding hydrogens is 282 g/mol. The molecule has 0 bridgehead atoms. The van der Waals surface area contributed by atoms with Gasteiger partial charge in [0.05, 0.1) is 31.0 Å². The topological polar surface area (TPSA) is 90.5 Å². The largest absolute Gasteiger partial charge is 0.481 e. The van der Waals surface area contributed by atoms with Crippen molar-refractivity contribution < 1.29 is 14.6 Å². The summed E-state index contributed by atoms with van der Waals surface area (Å²) in [5.74, 6) is 0.688. The summed E-state index contributed by atoms with van der Waals surface area (Å²) in [5, 5.41) is 10.7. The first-order chi connectivity index (χ1) is 9.56. The van der Waals surface area contributed by atoms with Crippen molar-refractivity contribution in [2.45, 2.75) is 6.10 Å². The molecule has 0 aliphatic heterocycles. The highest BCUT2D eigenvalue weighted by Crippen LogP contribution is 2.31. The number of aliphatic hydroxyl groups is 1. The Kier molecular flexibility index (Phi) is 4.26. The highest BCUT2D eigenvalue weighted by molar-refractivity contribution is 6.33. The van der Waals surface area contributed by atoms with E-state index in [2.05, 4.69) is 9.97 Å². The quantitative estimate of drug-likeness (QED) is 0.836. The zero-order chi connectivity index (χ0) is 14.7. The van der Waals surface area contributed by atoms with Crippen LogP contribution in [0.15, 0.2) is 24.3 Å². The number of halogens is 1. The minimum absolute atomic E-state index is 0.121. The number of anilines is 1. The van der Waals surface area contributed by atoms with Gasteiger partial charge in [-0.2, -0.15) is 9.97 Å². The van der Waals surface area contributed by atoms with E-state index >= 15 is 0 Å². The molecule has 0 saturated carbocycles.